The molecule has 0 aliphatic heterocycles. The van der Waals surface area contributed by atoms with Gasteiger partial charge in [0, 0.05) is 4.83 Å². The van der Waals surface area contributed by atoms with E-state index in [1.807, 2.05) is 0 Å². The van der Waals surface area contributed by atoms with Crippen molar-refractivity contribution < 1.29 is 0 Å². The zero-order chi connectivity index (χ0) is 10.3. The molecule has 3 rings (SSSR count). The molecule has 3 fully saturated rings. The topological polar surface area (TPSA) is 0 Å². The molecule has 0 aromatic heterocycles. The highest BCUT2D eigenvalue weighted by Gasteiger charge is 2.40. The molecule has 0 N–H and O–H groups in total. The third-order valence-corrected chi connectivity index (χ3v) is 6.51. The maximum atomic E-state index is 3.92. The molecule has 0 amide bonds. The minimum absolute atomic E-state index is 0.852. The molecule has 0 heterocycles. The van der Waals surface area contributed by atoms with E-state index in [9.17, 15) is 0 Å². The maximum Gasteiger partial charge on any atom is 0.0174 e. The fourth-order valence-corrected chi connectivity index (χ4v) is 5.29. The van der Waals surface area contributed by atoms with Crippen LogP contribution in [0.3, 0.4) is 0 Å². The predicted molar refractivity (Wildman–Crippen MR) is 68.2 cm³/mol. The molecule has 15 heavy (non-hydrogen) atoms. The summed E-state index contributed by atoms with van der Waals surface area (Å²) in [6, 6.07) is 0. The first kappa shape index (κ1) is 10.6. The molecular formula is C14H23Br. The number of fused-ring (bicyclic) bond motifs is 2. The van der Waals surface area contributed by atoms with E-state index in [0.29, 0.717) is 0 Å². The lowest BCUT2D eigenvalue weighted by molar-refractivity contribution is 0.237. The summed E-state index contributed by atoms with van der Waals surface area (Å²) in [5.41, 5.74) is 0. The minimum Gasteiger partial charge on any atom is -0.0888 e. The van der Waals surface area contributed by atoms with Gasteiger partial charge in [0.25, 0.3) is 0 Å². The first-order chi connectivity index (χ1) is 7.33. The Hall–Kier alpha value is 0.480. The van der Waals surface area contributed by atoms with Crippen molar-refractivity contribution in [3.05, 3.63) is 0 Å². The van der Waals surface area contributed by atoms with Crippen LogP contribution in [-0.2, 0) is 0 Å². The Kier molecular flexibility index (Phi) is 3.11. The fourth-order valence-electron chi connectivity index (χ4n) is 4.48. The summed E-state index contributed by atoms with van der Waals surface area (Å²) in [7, 11) is 0. The molecule has 86 valence electrons. The van der Waals surface area contributed by atoms with Gasteiger partial charge < -0.3 is 0 Å². The second-order valence-electron chi connectivity index (χ2n) is 6.23. The minimum atomic E-state index is 0.852. The van der Waals surface area contributed by atoms with Gasteiger partial charge in [0.05, 0.1) is 0 Å². The van der Waals surface area contributed by atoms with E-state index in [4.69, 9.17) is 0 Å². The molecule has 1 heteroatoms. The number of halogens is 1. The van der Waals surface area contributed by atoms with E-state index in [1.165, 1.54) is 25.7 Å². The van der Waals surface area contributed by atoms with Crippen LogP contribution in [-0.4, -0.2) is 4.83 Å². The van der Waals surface area contributed by atoms with Crippen molar-refractivity contribution in [3.63, 3.8) is 0 Å². The molecule has 0 aromatic rings. The van der Waals surface area contributed by atoms with E-state index in [-0.39, 0.29) is 0 Å². The maximum absolute atomic E-state index is 3.92. The van der Waals surface area contributed by atoms with Gasteiger partial charge >= 0.3 is 0 Å². The van der Waals surface area contributed by atoms with Crippen molar-refractivity contribution in [2.45, 2.75) is 62.6 Å². The van der Waals surface area contributed by atoms with Crippen molar-refractivity contribution in [1.82, 2.24) is 0 Å². The van der Waals surface area contributed by atoms with Gasteiger partial charge in [0.15, 0.2) is 0 Å². The molecule has 5 unspecified atom stereocenters. The molecule has 0 spiro atoms. The highest BCUT2D eigenvalue weighted by Crippen LogP contribution is 2.51. The van der Waals surface area contributed by atoms with E-state index in [0.717, 1.165) is 28.5 Å². The number of hydrogen-bond acceptors (Lipinski definition) is 0. The first-order valence-electron chi connectivity index (χ1n) is 6.97. The summed E-state index contributed by atoms with van der Waals surface area (Å²) < 4.78 is 0. The lowest BCUT2D eigenvalue weighted by Crippen LogP contribution is -2.24. The average Bonchev–Trinajstić information content (AvgIpc) is 2.83. The molecule has 3 aliphatic rings. The van der Waals surface area contributed by atoms with Crippen LogP contribution in [0.4, 0.5) is 0 Å². The smallest absolute Gasteiger partial charge is 0.0174 e. The summed E-state index contributed by atoms with van der Waals surface area (Å²) in [5.74, 6) is 4.41. The predicted octanol–water partition coefficient (Wildman–Crippen LogP) is 4.77. The first-order valence-corrected chi connectivity index (χ1v) is 7.88. The molecule has 0 nitrogen and oxygen atoms in total. The van der Waals surface area contributed by atoms with E-state index >= 15 is 0 Å². The highest BCUT2D eigenvalue weighted by molar-refractivity contribution is 9.09. The lowest BCUT2D eigenvalue weighted by atomic mass is 9.77. The van der Waals surface area contributed by atoms with E-state index in [1.54, 1.807) is 32.1 Å². The van der Waals surface area contributed by atoms with Crippen LogP contribution in [0.1, 0.15) is 57.8 Å². The van der Waals surface area contributed by atoms with Crippen LogP contribution in [0.15, 0.2) is 0 Å². The summed E-state index contributed by atoms with van der Waals surface area (Å²) >= 11 is 3.92. The number of hydrogen-bond donors (Lipinski definition) is 0. The Morgan fingerprint density at radius 1 is 0.867 bits per heavy atom. The van der Waals surface area contributed by atoms with Crippen molar-refractivity contribution in [2.24, 2.45) is 23.7 Å². The summed E-state index contributed by atoms with van der Waals surface area (Å²) in [5, 5.41) is 0. The van der Waals surface area contributed by atoms with Gasteiger partial charge in [-0.1, -0.05) is 35.2 Å². The molecule has 2 bridgehead atoms. The third-order valence-electron chi connectivity index (χ3n) is 5.31. The standard InChI is InChI=1S/C14H23Br/c15-14-4-2-1-3-12(14)9-13-8-10-5-6-11(13)7-10/h10-14H,1-9H2. The summed E-state index contributed by atoms with van der Waals surface area (Å²) in [6.45, 7) is 0. The number of alkyl halides is 1. The molecule has 3 aliphatic carbocycles. The Morgan fingerprint density at radius 3 is 2.40 bits per heavy atom. The van der Waals surface area contributed by atoms with E-state index in [2.05, 4.69) is 15.9 Å². The molecule has 0 aromatic carbocycles. The Bertz CT molecular complexity index is 225. The van der Waals surface area contributed by atoms with Crippen LogP contribution in [0.2, 0.25) is 0 Å². The van der Waals surface area contributed by atoms with Crippen molar-refractivity contribution in [2.75, 3.05) is 0 Å². The van der Waals surface area contributed by atoms with Gasteiger partial charge in [-0.05, 0) is 62.2 Å². The number of rotatable bonds is 2. The second-order valence-corrected chi connectivity index (χ2v) is 7.41. The van der Waals surface area contributed by atoms with Gasteiger partial charge in [-0.3, -0.25) is 0 Å². The molecular weight excluding hydrogens is 248 g/mol. The Morgan fingerprint density at radius 2 is 1.73 bits per heavy atom. The van der Waals surface area contributed by atoms with Gasteiger partial charge in [-0.2, -0.15) is 0 Å². The largest absolute Gasteiger partial charge is 0.0888 e. The van der Waals surface area contributed by atoms with Crippen LogP contribution in [0.25, 0.3) is 0 Å². The molecule has 0 saturated heterocycles. The van der Waals surface area contributed by atoms with E-state index < -0.39 is 0 Å². The molecule has 3 saturated carbocycles. The molecule has 0 radical (unpaired) electrons. The quantitative estimate of drug-likeness (QED) is 0.635. The monoisotopic (exact) mass is 270 g/mol. The van der Waals surface area contributed by atoms with Gasteiger partial charge in [-0.25, -0.2) is 0 Å². The Labute approximate surface area is 102 Å². The van der Waals surface area contributed by atoms with Crippen molar-refractivity contribution >= 4 is 15.9 Å². The van der Waals surface area contributed by atoms with Gasteiger partial charge in [0.2, 0.25) is 0 Å². The van der Waals surface area contributed by atoms with Crippen molar-refractivity contribution in [3.8, 4) is 0 Å². The normalized spacial score (nSPS) is 49.8. The second kappa shape index (κ2) is 4.39. The zero-order valence-electron chi connectivity index (χ0n) is 9.63. The lowest BCUT2D eigenvalue weighted by Gasteiger charge is -2.32. The van der Waals surface area contributed by atoms with Crippen LogP contribution in [0, 0.1) is 23.7 Å². The van der Waals surface area contributed by atoms with Gasteiger partial charge in [0.1, 0.15) is 0 Å². The highest BCUT2D eigenvalue weighted by atomic mass is 79.9. The van der Waals surface area contributed by atoms with Crippen LogP contribution < -0.4 is 0 Å². The van der Waals surface area contributed by atoms with Crippen LogP contribution in [0.5, 0.6) is 0 Å². The van der Waals surface area contributed by atoms with Crippen LogP contribution >= 0.6 is 15.9 Å². The molecule has 5 atom stereocenters. The summed E-state index contributed by atoms with van der Waals surface area (Å²) in [4.78, 5) is 0.852. The van der Waals surface area contributed by atoms with Gasteiger partial charge in [-0.15, -0.1) is 0 Å². The zero-order valence-corrected chi connectivity index (χ0v) is 11.2. The Balaban J connectivity index is 1.56. The van der Waals surface area contributed by atoms with Crippen molar-refractivity contribution in [1.29, 1.82) is 0 Å². The average molecular weight is 271 g/mol. The summed E-state index contributed by atoms with van der Waals surface area (Å²) in [6.07, 6.45) is 13.7. The SMILES string of the molecule is BrC1CCCCC1CC1CC2CCC1C2. The third kappa shape index (κ3) is 2.14. The fraction of sp³-hybridized carbons (Fsp3) is 1.00.